The maximum absolute atomic E-state index is 5.92. The van der Waals surface area contributed by atoms with Crippen LogP contribution in [0.25, 0.3) is 0 Å². The van der Waals surface area contributed by atoms with Gasteiger partial charge in [-0.3, -0.25) is 0 Å². The molecule has 3 atom stereocenters. The van der Waals surface area contributed by atoms with Crippen molar-refractivity contribution in [3.05, 3.63) is 34.9 Å². The van der Waals surface area contributed by atoms with Gasteiger partial charge in [-0.2, -0.15) is 0 Å². The molecule has 1 N–H and O–H groups in total. The summed E-state index contributed by atoms with van der Waals surface area (Å²) in [5.41, 5.74) is 1.37. The van der Waals surface area contributed by atoms with E-state index in [-0.39, 0.29) is 0 Å². The van der Waals surface area contributed by atoms with Crippen molar-refractivity contribution >= 4 is 11.6 Å². The van der Waals surface area contributed by atoms with Crippen molar-refractivity contribution in [2.45, 2.75) is 52.5 Å². The molecule has 0 aliphatic heterocycles. The Labute approximate surface area is 129 Å². The van der Waals surface area contributed by atoms with Crippen LogP contribution in [0, 0.1) is 17.8 Å². The Balaban J connectivity index is 1.83. The zero-order chi connectivity index (χ0) is 14.5. The smallest absolute Gasteiger partial charge is 0.0406 e. The van der Waals surface area contributed by atoms with Crippen LogP contribution in [0.2, 0.25) is 5.02 Å². The number of hydrogen-bond donors (Lipinski definition) is 1. The van der Waals surface area contributed by atoms with E-state index in [9.17, 15) is 0 Å². The summed E-state index contributed by atoms with van der Waals surface area (Å²) in [5.74, 6) is 2.50. The van der Waals surface area contributed by atoms with Gasteiger partial charge in [-0.15, -0.1) is 0 Å². The molecule has 1 nitrogen and oxygen atoms in total. The molecule has 0 bridgehead atoms. The molecule has 1 aliphatic rings. The third-order valence-corrected chi connectivity index (χ3v) is 5.01. The van der Waals surface area contributed by atoms with Gasteiger partial charge < -0.3 is 5.32 Å². The van der Waals surface area contributed by atoms with E-state index >= 15 is 0 Å². The van der Waals surface area contributed by atoms with Gasteiger partial charge in [-0.05, 0) is 61.3 Å². The average molecular weight is 294 g/mol. The van der Waals surface area contributed by atoms with E-state index < -0.39 is 0 Å². The fourth-order valence-electron chi connectivity index (χ4n) is 3.49. The van der Waals surface area contributed by atoms with Crippen LogP contribution < -0.4 is 5.32 Å². The van der Waals surface area contributed by atoms with Gasteiger partial charge in [-0.1, -0.05) is 50.9 Å². The second kappa shape index (κ2) is 7.47. The number of rotatable bonds is 5. The Bertz CT molecular complexity index is 398. The molecular formula is C18H28ClN. The molecule has 1 fully saturated rings. The lowest BCUT2D eigenvalue weighted by atomic mass is 9.74. The van der Waals surface area contributed by atoms with Crippen molar-refractivity contribution < 1.29 is 0 Å². The van der Waals surface area contributed by atoms with E-state index in [1.165, 1.54) is 24.8 Å². The topological polar surface area (TPSA) is 12.0 Å². The van der Waals surface area contributed by atoms with Crippen molar-refractivity contribution in [1.82, 2.24) is 5.32 Å². The summed E-state index contributed by atoms with van der Waals surface area (Å²) in [6.07, 6.45) is 5.21. The number of halogens is 1. The van der Waals surface area contributed by atoms with Crippen LogP contribution in [0.1, 0.15) is 45.6 Å². The van der Waals surface area contributed by atoms with E-state index in [0.29, 0.717) is 6.04 Å². The van der Waals surface area contributed by atoms with Gasteiger partial charge in [-0.25, -0.2) is 0 Å². The maximum Gasteiger partial charge on any atom is 0.0406 e. The molecular weight excluding hydrogens is 266 g/mol. The Morgan fingerprint density at radius 2 is 1.90 bits per heavy atom. The van der Waals surface area contributed by atoms with E-state index in [0.717, 1.165) is 35.7 Å². The largest absolute Gasteiger partial charge is 0.313 e. The van der Waals surface area contributed by atoms with Gasteiger partial charge in [0.2, 0.25) is 0 Å². The second-order valence-corrected chi connectivity index (χ2v) is 7.20. The second-order valence-electron chi connectivity index (χ2n) is 6.76. The van der Waals surface area contributed by atoms with Crippen LogP contribution in [0.5, 0.6) is 0 Å². The lowest BCUT2D eigenvalue weighted by Gasteiger charge is -2.38. The lowest BCUT2D eigenvalue weighted by Crippen LogP contribution is -2.43. The molecule has 1 aromatic carbocycles. The SMILES string of the molecule is CC1CCC(C(C)C)C(NCCc2ccc(Cl)cc2)C1. The molecule has 1 saturated carbocycles. The molecule has 0 amide bonds. The predicted molar refractivity (Wildman–Crippen MR) is 88.3 cm³/mol. The molecule has 3 unspecified atom stereocenters. The molecule has 1 aromatic rings. The monoisotopic (exact) mass is 293 g/mol. The first-order chi connectivity index (χ1) is 9.56. The Kier molecular flexibility index (Phi) is 5.92. The standard InChI is InChI=1S/C18H28ClN/c1-13(2)17-9-4-14(3)12-18(17)20-11-10-15-5-7-16(19)8-6-15/h5-8,13-14,17-18,20H,4,9-12H2,1-3H3. The summed E-state index contributed by atoms with van der Waals surface area (Å²) in [7, 11) is 0. The van der Waals surface area contributed by atoms with Crippen molar-refractivity contribution in [2.75, 3.05) is 6.54 Å². The molecule has 0 saturated heterocycles. The Hall–Kier alpha value is -0.530. The van der Waals surface area contributed by atoms with Crippen molar-refractivity contribution in [1.29, 1.82) is 0 Å². The van der Waals surface area contributed by atoms with Gasteiger partial charge in [0.25, 0.3) is 0 Å². The number of nitrogens with one attached hydrogen (secondary N) is 1. The van der Waals surface area contributed by atoms with Crippen molar-refractivity contribution in [3.8, 4) is 0 Å². The van der Waals surface area contributed by atoms with Gasteiger partial charge in [0.15, 0.2) is 0 Å². The maximum atomic E-state index is 5.92. The third-order valence-electron chi connectivity index (χ3n) is 4.76. The fourth-order valence-corrected chi connectivity index (χ4v) is 3.62. The lowest BCUT2D eigenvalue weighted by molar-refractivity contribution is 0.171. The van der Waals surface area contributed by atoms with E-state index in [1.807, 2.05) is 12.1 Å². The summed E-state index contributed by atoms with van der Waals surface area (Å²) in [6.45, 7) is 8.20. The molecule has 20 heavy (non-hydrogen) atoms. The molecule has 0 spiro atoms. The predicted octanol–water partition coefficient (Wildman–Crippen LogP) is 4.93. The van der Waals surface area contributed by atoms with Crippen molar-refractivity contribution in [2.24, 2.45) is 17.8 Å². The molecule has 2 heteroatoms. The van der Waals surface area contributed by atoms with Crippen LogP contribution in [-0.4, -0.2) is 12.6 Å². The Morgan fingerprint density at radius 3 is 2.55 bits per heavy atom. The van der Waals surface area contributed by atoms with Crippen LogP contribution in [0.4, 0.5) is 0 Å². The zero-order valence-corrected chi connectivity index (χ0v) is 13.8. The van der Waals surface area contributed by atoms with Crippen LogP contribution in [-0.2, 0) is 6.42 Å². The highest BCUT2D eigenvalue weighted by Gasteiger charge is 2.29. The Morgan fingerprint density at radius 1 is 1.20 bits per heavy atom. The molecule has 0 radical (unpaired) electrons. The summed E-state index contributed by atoms with van der Waals surface area (Å²) in [4.78, 5) is 0. The van der Waals surface area contributed by atoms with E-state index in [2.05, 4.69) is 38.2 Å². The van der Waals surface area contributed by atoms with Crippen LogP contribution >= 0.6 is 11.6 Å². The average Bonchev–Trinajstić information content (AvgIpc) is 2.41. The van der Waals surface area contributed by atoms with Gasteiger partial charge in [0.05, 0.1) is 0 Å². The van der Waals surface area contributed by atoms with E-state index in [4.69, 9.17) is 11.6 Å². The van der Waals surface area contributed by atoms with Gasteiger partial charge in [0, 0.05) is 11.1 Å². The summed E-state index contributed by atoms with van der Waals surface area (Å²) in [5, 5.41) is 4.64. The quantitative estimate of drug-likeness (QED) is 0.811. The first-order valence-electron chi connectivity index (χ1n) is 8.04. The summed E-state index contributed by atoms with van der Waals surface area (Å²) < 4.78 is 0. The highest BCUT2D eigenvalue weighted by Crippen LogP contribution is 2.33. The van der Waals surface area contributed by atoms with Crippen molar-refractivity contribution in [3.63, 3.8) is 0 Å². The molecule has 2 rings (SSSR count). The third kappa shape index (κ3) is 4.49. The number of benzene rings is 1. The minimum Gasteiger partial charge on any atom is -0.313 e. The van der Waals surface area contributed by atoms with Gasteiger partial charge >= 0.3 is 0 Å². The number of hydrogen-bond acceptors (Lipinski definition) is 1. The minimum absolute atomic E-state index is 0.700. The minimum atomic E-state index is 0.700. The molecule has 112 valence electrons. The summed E-state index contributed by atoms with van der Waals surface area (Å²) in [6, 6.07) is 8.93. The highest BCUT2D eigenvalue weighted by atomic mass is 35.5. The zero-order valence-electron chi connectivity index (χ0n) is 13.0. The molecule has 0 heterocycles. The van der Waals surface area contributed by atoms with Gasteiger partial charge in [0.1, 0.15) is 0 Å². The normalized spacial score (nSPS) is 26.9. The first-order valence-corrected chi connectivity index (χ1v) is 8.42. The highest BCUT2D eigenvalue weighted by molar-refractivity contribution is 6.30. The van der Waals surface area contributed by atoms with E-state index in [1.54, 1.807) is 0 Å². The fraction of sp³-hybridized carbons (Fsp3) is 0.667. The first kappa shape index (κ1) is 15.9. The van der Waals surface area contributed by atoms with Crippen LogP contribution in [0.3, 0.4) is 0 Å². The molecule has 1 aliphatic carbocycles. The summed E-state index contributed by atoms with van der Waals surface area (Å²) >= 11 is 5.92. The van der Waals surface area contributed by atoms with Crippen LogP contribution in [0.15, 0.2) is 24.3 Å². The molecule has 0 aromatic heterocycles.